The maximum absolute atomic E-state index is 13.3. The first kappa shape index (κ1) is 28.4. The largest absolute Gasteiger partial charge is 0.496 e. The lowest BCUT2D eigenvalue weighted by molar-refractivity contribution is -0.101. The Labute approximate surface area is 248 Å². The topological polar surface area (TPSA) is 62.2 Å². The van der Waals surface area contributed by atoms with E-state index in [-0.39, 0.29) is 18.0 Å². The number of hydrogen-bond acceptors (Lipinski definition) is 6. The smallest absolute Gasteiger partial charge is 0.338 e. The number of esters is 1. The molecule has 4 aromatic carbocycles. The van der Waals surface area contributed by atoms with Gasteiger partial charge in [-0.2, -0.15) is 0 Å². The van der Waals surface area contributed by atoms with E-state index >= 15 is 0 Å². The van der Waals surface area contributed by atoms with Crippen molar-refractivity contribution in [1.29, 1.82) is 0 Å². The van der Waals surface area contributed by atoms with E-state index in [0.717, 1.165) is 65.9 Å². The Kier molecular flexibility index (Phi) is 8.29. The molecule has 1 heterocycles. The summed E-state index contributed by atoms with van der Waals surface area (Å²) in [7, 11) is 3.83. The van der Waals surface area contributed by atoms with E-state index < -0.39 is 5.60 Å². The summed E-state index contributed by atoms with van der Waals surface area (Å²) in [5.41, 5.74) is 2.44. The van der Waals surface area contributed by atoms with Gasteiger partial charge in [0.25, 0.3) is 0 Å². The SMILES string of the molecule is COc1c(C2(O)CCC(OC(=O)c3ccc(-c4ccccc4)cc3)CC2CN2CCN(C)CC2)ccc2ccccc12. The fourth-order valence-corrected chi connectivity index (χ4v) is 6.70. The van der Waals surface area contributed by atoms with Crippen LogP contribution in [0, 0.1) is 5.92 Å². The highest BCUT2D eigenvalue weighted by Crippen LogP contribution is 2.48. The number of carbonyl (C=O) groups is 1. The van der Waals surface area contributed by atoms with Gasteiger partial charge in [-0.15, -0.1) is 0 Å². The van der Waals surface area contributed by atoms with Crippen LogP contribution in [0.1, 0.15) is 35.2 Å². The summed E-state index contributed by atoms with van der Waals surface area (Å²) >= 11 is 0. The second kappa shape index (κ2) is 12.3. The standard InChI is InChI=1S/C36H40N2O4/c1-37-20-22-38(23-21-37)25-30-24-31(42-35(39)29-14-12-27(13-15-29)26-8-4-3-5-9-26)18-19-36(30,40)33-17-16-28-10-6-7-11-32(28)34(33)41-2/h3-17,30-31,40H,18-25H2,1-2H3. The van der Waals surface area contributed by atoms with Gasteiger partial charge >= 0.3 is 5.97 Å². The van der Waals surface area contributed by atoms with Crippen molar-refractivity contribution < 1.29 is 19.4 Å². The highest BCUT2D eigenvalue weighted by Gasteiger charge is 2.47. The number of rotatable bonds is 7. The van der Waals surface area contributed by atoms with Crippen LogP contribution in [-0.2, 0) is 10.3 Å². The molecule has 42 heavy (non-hydrogen) atoms. The molecule has 1 saturated heterocycles. The van der Waals surface area contributed by atoms with Gasteiger partial charge in [-0.25, -0.2) is 4.79 Å². The minimum atomic E-state index is -1.10. The number of carbonyl (C=O) groups excluding carboxylic acids is 1. The van der Waals surface area contributed by atoms with Gasteiger partial charge in [-0.1, -0.05) is 78.9 Å². The van der Waals surface area contributed by atoms with E-state index in [1.807, 2.05) is 66.7 Å². The molecule has 4 aromatic rings. The molecule has 2 fully saturated rings. The first-order valence-electron chi connectivity index (χ1n) is 15.0. The Morgan fingerprint density at radius 2 is 1.57 bits per heavy atom. The van der Waals surface area contributed by atoms with Gasteiger partial charge in [0.15, 0.2) is 0 Å². The molecule has 3 atom stereocenters. The molecule has 1 saturated carbocycles. The van der Waals surface area contributed by atoms with Crippen molar-refractivity contribution in [3.8, 4) is 16.9 Å². The number of benzene rings is 4. The van der Waals surface area contributed by atoms with Gasteiger partial charge in [-0.3, -0.25) is 0 Å². The molecular weight excluding hydrogens is 524 g/mol. The Morgan fingerprint density at radius 3 is 2.31 bits per heavy atom. The first-order chi connectivity index (χ1) is 20.4. The number of fused-ring (bicyclic) bond motifs is 1. The van der Waals surface area contributed by atoms with Crippen LogP contribution in [0.2, 0.25) is 0 Å². The molecule has 1 aliphatic carbocycles. The monoisotopic (exact) mass is 564 g/mol. The zero-order valence-electron chi connectivity index (χ0n) is 24.5. The normalized spacial score (nSPS) is 23.5. The van der Waals surface area contributed by atoms with E-state index in [2.05, 4.69) is 41.1 Å². The molecule has 0 spiro atoms. The fraction of sp³-hybridized carbons (Fsp3) is 0.361. The van der Waals surface area contributed by atoms with Gasteiger partial charge in [0.1, 0.15) is 11.9 Å². The van der Waals surface area contributed by atoms with Gasteiger partial charge in [0.2, 0.25) is 0 Å². The molecule has 0 bridgehead atoms. The Hall–Kier alpha value is -3.71. The van der Waals surface area contributed by atoms with E-state index in [1.165, 1.54) is 0 Å². The molecule has 6 nitrogen and oxygen atoms in total. The predicted molar refractivity (Wildman–Crippen MR) is 167 cm³/mol. The molecule has 0 aromatic heterocycles. The first-order valence-corrected chi connectivity index (χ1v) is 15.0. The van der Waals surface area contributed by atoms with Crippen LogP contribution in [0.5, 0.6) is 5.75 Å². The third-order valence-corrected chi connectivity index (χ3v) is 9.20. The van der Waals surface area contributed by atoms with E-state index in [1.54, 1.807) is 7.11 Å². The predicted octanol–water partition coefficient (Wildman–Crippen LogP) is 5.98. The molecule has 3 unspecified atom stereocenters. The van der Waals surface area contributed by atoms with Crippen LogP contribution in [0.3, 0.4) is 0 Å². The van der Waals surface area contributed by atoms with Crippen molar-refractivity contribution in [2.75, 3.05) is 46.9 Å². The number of hydrogen-bond donors (Lipinski definition) is 1. The van der Waals surface area contributed by atoms with E-state index in [4.69, 9.17) is 9.47 Å². The van der Waals surface area contributed by atoms with Gasteiger partial charge < -0.3 is 24.4 Å². The van der Waals surface area contributed by atoms with Crippen LogP contribution >= 0.6 is 0 Å². The number of piperazine rings is 1. The Bertz CT molecular complexity index is 1510. The zero-order chi connectivity index (χ0) is 29.1. The van der Waals surface area contributed by atoms with Crippen molar-refractivity contribution in [3.63, 3.8) is 0 Å². The minimum Gasteiger partial charge on any atom is -0.496 e. The molecule has 1 N–H and O–H groups in total. The van der Waals surface area contributed by atoms with Gasteiger partial charge in [0.05, 0.1) is 18.3 Å². The van der Waals surface area contributed by atoms with Crippen LogP contribution < -0.4 is 4.74 Å². The third kappa shape index (κ3) is 5.80. The van der Waals surface area contributed by atoms with Crippen molar-refractivity contribution in [2.45, 2.75) is 31.0 Å². The zero-order valence-corrected chi connectivity index (χ0v) is 24.5. The quantitative estimate of drug-likeness (QED) is 0.279. The lowest BCUT2D eigenvalue weighted by atomic mass is 9.69. The van der Waals surface area contributed by atoms with Crippen LogP contribution in [-0.4, -0.2) is 73.9 Å². The summed E-state index contributed by atoms with van der Waals surface area (Å²) in [6, 6.07) is 30.0. The lowest BCUT2D eigenvalue weighted by Gasteiger charge is -2.46. The average molecular weight is 565 g/mol. The minimum absolute atomic E-state index is 0.122. The third-order valence-electron chi connectivity index (χ3n) is 9.20. The summed E-state index contributed by atoms with van der Waals surface area (Å²) in [5.74, 6) is 0.294. The number of ether oxygens (including phenoxy) is 2. The molecule has 1 aliphatic heterocycles. The van der Waals surface area contributed by atoms with Gasteiger partial charge in [-0.05, 0) is 55.0 Å². The van der Waals surface area contributed by atoms with E-state index in [0.29, 0.717) is 24.8 Å². The molecule has 6 heteroatoms. The molecule has 218 valence electrons. The van der Waals surface area contributed by atoms with Crippen molar-refractivity contribution >= 4 is 16.7 Å². The molecule has 0 amide bonds. The molecule has 2 aliphatic rings. The number of aliphatic hydroxyl groups is 1. The molecule has 0 radical (unpaired) electrons. The highest BCUT2D eigenvalue weighted by atomic mass is 16.5. The summed E-state index contributed by atoms with van der Waals surface area (Å²) in [6.07, 6.45) is 1.40. The number of nitrogens with zero attached hydrogens (tertiary/aromatic N) is 2. The highest BCUT2D eigenvalue weighted by molar-refractivity contribution is 5.91. The van der Waals surface area contributed by atoms with Crippen LogP contribution in [0.4, 0.5) is 0 Å². The lowest BCUT2D eigenvalue weighted by Crippen LogP contribution is -2.52. The van der Waals surface area contributed by atoms with Gasteiger partial charge in [0, 0.05) is 49.6 Å². The number of likely N-dealkylation sites (N-methyl/N-ethyl adjacent to an activating group) is 1. The summed E-state index contributed by atoms with van der Waals surface area (Å²) in [5, 5.41) is 14.6. The van der Waals surface area contributed by atoms with Crippen molar-refractivity contribution in [2.24, 2.45) is 5.92 Å². The van der Waals surface area contributed by atoms with Crippen molar-refractivity contribution in [1.82, 2.24) is 9.80 Å². The molecular formula is C36H40N2O4. The summed E-state index contributed by atoms with van der Waals surface area (Å²) in [4.78, 5) is 18.0. The van der Waals surface area contributed by atoms with Crippen LogP contribution in [0.25, 0.3) is 21.9 Å². The maximum atomic E-state index is 13.3. The van der Waals surface area contributed by atoms with Crippen LogP contribution in [0.15, 0.2) is 91.0 Å². The average Bonchev–Trinajstić information content (AvgIpc) is 3.03. The Balaban J connectivity index is 1.24. The Morgan fingerprint density at radius 1 is 0.881 bits per heavy atom. The second-order valence-corrected chi connectivity index (χ2v) is 11.8. The summed E-state index contributed by atoms with van der Waals surface area (Å²) < 4.78 is 12.1. The summed E-state index contributed by atoms with van der Waals surface area (Å²) in [6.45, 7) is 4.65. The second-order valence-electron chi connectivity index (χ2n) is 11.8. The van der Waals surface area contributed by atoms with E-state index in [9.17, 15) is 9.90 Å². The van der Waals surface area contributed by atoms with Crippen molar-refractivity contribution in [3.05, 3.63) is 102 Å². The number of methoxy groups -OCH3 is 1. The maximum Gasteiger partial charge on any atom is 0.338 e. The fourth-order valence-electron chi connectivity index (χ4n) is 6.70. The molecule has 6 rings (SSSR count).